The van der Waals surface area contributed by atoms with Crippen LogP contribution >= 0.6 is 0 Å². The molecule has 106 valence electrons. The van der Waals surface area contributed by atoms with Gasteiger partial charge in [0.25, 0.3) is 0 Å². The molecule has 1 saturated heterocycles. The summed E-state index contributed by atoms with van der Waals surface area (Å²) < 4.78 is 0. The van der Waals surface area contributed by atoms with E-state index < -0.39 is 5.97 Å². The molecule has 1 atom stereocenters. The minimum absolute atomic E-state index is 0.0579. The zero-order valence-corrected chi connectivity index (χ0v) is 11.8. The minimum Gasteiger partial charge on any atom is -0.478 e. The lowest BCUT2D eigenvalue weighted by Crippen LogP contribution is -2.33. The van der Waals surface area contributed by atoms with Gasteiger partial charge in [0, 0.05) is 25.3 Å². The number of carbonyl (C=O) groups excluding carboxylic acids is 1. The molecule has 1 aliphatic heterocycles. The Morgan fingerprint density at radius 3 is 2.47 bits per heavy atom. The van der Waals surface area contributed by atoms with Crippen LogP contribution in [0.4, 0.5) is 0 Å². The molecule has 0 saturated carbocycles. The maximum atomic E-state index is 12.2. The number of amides is 1. The first-order valence-corrected chi connectivity index (χ1v) is 6.59. The Kier molecular flexibility index (Phi) is 5.15. The van der Waals surface area contributed by atoms with Crippen LogP contribution in [0.5, 0.6) is 0 Å². The van der Waals surface area contributed by atoms with Crippen LogP contribution in [-0.2, 0) is 9.59 Å². The van der Waals surface area contributed by atoms with E-state index in [9.17, 15) is 14.7 Å². The smallest absolute Gasteiger partial charge is 0.333 e. The van der Waals surface area contributed by atoms with E-state index in [0.29, 0.717) is 31.8 Å². The summed E-state index contributed by atoms with van der Waals surface area (Å²) in [6.07, 6.45) is 2.15. The van der Waals surface area contributed by atoms with Crippen LogP contribution in [0.15, 0.2) is 24.0 Å². The quantitative estimate of drug-likeness (QED) is 0.743. The Hall–Kier alpha value is -1.78. The van der Waals surface area contributed by atoms with Crippen molar-refractivity contribution >= 4 is 11.9 Å². The molecule has 1 N–H and O–H groups in total. The molecule has 0 spiro atoms. The van der Waals surface area contributed by atoms with Gasteiger partial charge in [-0.2, -0.15) is 0 Å². The predicted molar refractivity (Wildman–Crippen MR) is 73.3 cm³/mol. The maximum absolute atomic E-state index is 12.2. The van der Waals surface area contributed by atoms with E-state index in [2.05, 4.69) is 6.58 Å². The van der Waals surface area contributed by atoms with Crippen molar-refractivity contribution in [3.63, 3.8) is 0 Å². The van der Waals surface area contributed by atoms with Gasteiger partial charge < -0.3 is 14.9 Å². The van der Waals surface area contributed by atoms with E-state index in [-0.39, 0.29) is 17.4 Å². The molecule has 1 aliphatic rings. The Morgan fingerprint density at radius 1 is 1.53 bits per heavy atom. The number of rotatable bonds is 6. The van der Waals surface area contributed by atoms with Gasteiger partial charge in [-0.05, 0) is 33.4 Å². The zero-order chi connectivity index (χ0) is 14.6. The molecular weight excluding hydrogens is 244 g/mol. The predicted octanol–water partition coefficient (Wildman–Crippen LogP) is 1.68. The van der Waals surface area contributed by atoms with Gasteiger partial charge in [0.2, 0.25) is 5.91 Å². The fourth-order valence-electron chi connectivity index (χ4n) is 2.53. The first kappa shape index (κ1) is 15.3. The monoisotopic (exact) mass is 266 g/mol. The van der Waals surface area contributed by atoms with Crippen LogP contribution in [0, 0.1) is 5.92 Å². The largest absolute Gasteiger partial charge is 0.478 e. The van der Waals surface area contributed by atoms with Crippen LogP contribution in [0.25, 0.3) is 0 Å². The van der Waals surface area contributed by atoms with Crippen molar-refractivity contribution in [2.24, 2.45) is 5.92 Å². The summed E-state index contributed by atoms with van der Waals surface area (Å²) in [4.78, 5) is 27.0. The maximum Gasteiger partial charge on any atom is 0.333 e. The standard InChI is InChI=1S/C14H22N2O3/c1-5-15(6-2)12(10(4)14(18)19)11-8-9-16(7-3)13(11)17/h7,11H,3,5-6,8-9H2,1-2,4H3,(H,18,19). The highest BCUT2D eigenvalue weighted by Gasteiger charge is 2.36. The van der Waals surface area contributed by atoms with E-state index >= 15 is 0 Å². The van der Waals surface area contributed by atoms with Gasteiger partial charge in [0.05, 0.1) is 11.5 Å². The highest BCUT2D eigenvalue weighted by atomic mass is 16.4. The van der Waals surface area contributed by atoms with Gasteiger partial charge in [-0.1, -0.05) is 6.58 Å². The number of hydrogen-bond acceptors (Lipinski definition) is 3. The Balaban J connectivity index is 3.19. The Bertz CT molecular complexity index is 411. The molecule has 1 heterocycles. The molecule has 1 unspecified atom stereocenters. The van der Waals surface area contributed by atoms with Crippen molar-refractivity contribution in [2.45, 2.75) is 27.2 Å². The molecule has 1 rings (SSSR count). The number of aliphatic carboxylic acids is 1. The third-order valence-corrected chi connectivity index (χ3v) is 3.60. The van der Waals surface area contributed by atoms with E-state index in [0.717, 1.165) is 0 Å². The van der Waals surface area contributed by atoms with Gasteiger partial charge in [0.15, 0.2) is 0 Å². The molecule has 0 bridgehead atoms. The minimum atomic E-state index is -0.966. The highest BCUT2D eigenvalue weighted by Crippen LogP contribution is 2.30. The molecule has 0 aliphatic carbocycles. The third-order valence-electron chi connectivity index (χ3n) is 3.60. The summed E-state index contributed by atoms with van der Waals surface area (Å²) in [5.74, 6) is -1.39. The summed E-state index contributed by atoms with van der Waals surface area (Å²) in [6, 6.07) is 0. The molecule has 1 fully saturated rings. The molecule has 0 radical (unpaired) electrons. The van der Waals surface area contributed by atoms with Crippen molar-refractivity contribution in [3.05, 3.63) is 24.0 Å². The van der Waals surface area contributed by atoms with Gasteiger partial charge in [-0.3, -0.25) is 4.79 Å². The molecule has 5 nitrogen and oxygen atoms in total. The first-order chi connectivity index (χ1) is 8.97. The number of carboxylic acids is 1. The number of likely N-dealkylation sites (tertiary alicyclic amines) is 1. The van der Waals surface area contributed by atoms with Crippen molar-refractivity contribution in [2.75, 3.05) is 19.6 Å². The number of nitrogens with zero attached hydrogens (tertiary/aromatic N) is 2. The van der Waals surface area contributed by atoms with Crippen LogP contribution in [-0.4, -0.2) is 46.4 Å². The molecule has 0 aromatic heterocycles. The fourth-order valence-corrected chi connectivity index (χ4v) is 2.53. The van der Waals surface area contributed by atoms with Crippen molar-refractivity contribution in [1.29, 1.82) is 0 Å². The van der Waals surface area contributed by atoms with E-state index in [1.807, 2.05) is 18.7 Å². The van der Waals surface area contributed by atoms with Crippen molar-refractivity contribution in [3.8, 4) is 0 Å². The normalized spacial score (nSPS) is 20.3. The lowest BCUT2D eigenvalue weighted by molar-refractivity contribution is -0.132. The summed E-state index contributed by atoms with van der Waals surface area (Å²) >= 11 is 0. The number of hydrogen-bond donors (Lipinski definition) is 1. The topological polar surface area (TPSA) is 60.9 Å². The van der Waals surface area contributed by atoms with E-state index in [1.54, 1.807) is 11.8 Å². The number of carbonyl (C=O) groups is 2. The first-order valence-electron chi connectivity index (χ1n) is 6.59. The van der Waals surface area contributed by atoms with Crippen LogP contribution in [0.3, 0.4) is 0 Å². The van der Waals surface area contributed by atoms with Crippen LogP contribution in [0.1, 0.15) is 27.2 Å². The van der Waals surface area contributed by atoms with Gasteiger partial charge in [0.1, 0.15) is 0 Å². The van der Waals surface area contributed by atoms with Crippen LogP contribution < -0.4 is 0 Å². The molecule has 0 aromatic carbocycles. The molecule has 5 heteroatoms. The average molecular weight is 266 g/mol. The number of carboxylic acid groups (broad SMARTS) is 1. The molecule has 0 aromatic rings. The Labute approximate surface area is 114 Å². The van der Waals surface area contributed by atoms with Gasteiger partial charge in [-0.25, -0.2) is 4.79 Å². The van der Waals surface area contributed by atoms with Gasteiger partial charge >= 0.3 is 5.97 Å². The molecule has 19 heavy (non-hydrogen) atoms. The molecule has 1 amide bonds. The Morgan fingerprint density at radius 2 is 2.11 bits per heavy atom. The van der Waals surface area contributed by atoms with E-state index in [4.69, 9.17) is 0 Å². The summed E-state index contributed by atoms with van der Waals surface area (Å²) in [7, 11) is 0. The zero-order valence-electron chi connectivity index (χ0n) is 11.8. The summed E-state index contributed by atoms with van der Waals surface area (Å²) in [6.45, 7) is 11.1. The summed E-state index contributed by atoms with van der Waals surface area (Å²) in [5, 5.41) is 9.23. The van der Waals surface area contributed by atoms with E-state index in [1.165, 1.54) is 6.20 Å². The second kappa shape index (κ2) is 6.41. The summed E-state index contributed by atoms with van der Waals surface area (Å²) in [5.41, 5.74) is 0.903. The lowest BCUT2D eigenvalue weighted by Gasteiger charge is -2.29. The average Bonchev–Trinajstić information content (AvgIpc) is 2.76. The van der Waals surface area contributed by atoms with Gasteiger partial charge in [-0.15, -0.1) is 0 Å². The third kappa shape index (κ3) is 2.97. The SMILES string of the molecule is C=CN1CCC(C(=C(C)C(=O)O)N(CC)CC)C1=O. The second-order valence-corrected chi connectivity index (χ2v) is 4.54. The second-order valence-electron chi connectivity index (χ2n) is 4.54. The fraction of sp³-hybridized carbons (Fsp3) is 0.571. The molecular formula is C14H22N2O3. The van der Waals surface area contributed by atoms with Crippen LogP contribution in [0.2, 0.25) is 0 Å². The van der Waals surface area contributed by atoms with Crippen molar-refractivity contribution in [1.82, 2.24) is 9.80 Å². The van der Waals surface area contributed by atoms with Crippen molar-refractivity contribution < 1.29 is 14.7 Å². The lowest BCUT2D eigenvalue weighted by atomic mass is 9.98. The highest BCUT2D eigenvalue weighted by molar-refractivity contribution is 5.91.